The maximum absolute atomic E-state index is 9.64. The summed E-state index contributed by atoms with van der Waals surface area (Å²) in [6, 6.07) is 13.4. The number of methoxy groups -OCH3 is 1. The predicted octanol–water partition coefficient (Wildman–Crippen LogP) is 3.20. The van der Waals surface area contributed by atoms with Crippen LogP contribution >= 0.6 is 0 Å². The average Bonchev–Trinajstić information content (AvgIpc) is 3.26. The van der Waals surface area contributed by atoms with E-state index in [2.05, 4.69) is 16.3 Å². The van der Waals surface area contributed by atoms with Crippen molar-refractivity contribution in [3.63, 3.8) is 0 Å². The van der Waals surface area contributed by atoms with Crippen LogP contribution in [0.15, 0.2) is 52.3 Å². The highest BCUT2D eigenvalue weighted by atomic mass is 16.5. The van der Waals surface area contributed by atoms with Gasteiger partial charge in [-0.05, 0) is 43.3 Å². The zero-order valence-corrected chi connectivity index (χ0v) is 14.2. The molecule has 1 atom stereocenters. The summed E-state index contributed by atoms with van der Waals surface area (Å²) in [7, 11) is 1.61. The number of H-pyrrole nitrogens is 1. The summed E-state index contributed by atoms with van der Waals surface area (Å²) in [5, 5.41) is 16.9. The smallest absolute Gasteiger partial charge is 0.244 e. The number of nitrogens with two attached hydrogens (primary N) is 1. The minimum atomic E-state index is -0.492. The van der Waals surface area contributed by atoms with E-state index in [9.17, 15) is 5.26 Å². The second kappa shape index (κ2) is 6.01. The number of fused-ring (bicyclic) bond motifs is 1. The van der Waals surface area contributed by atoms with Crippen LogP contribution in [-0.4, -0.2) is 17.3 Å². The van der Waals surface area contributed by atoms with Crippen molar-refractivity contribution >= 4 is 0 Å². The number of hydrogen-bond donors (Lipinski definition) is 2. The molecule has 3 N–H and O–H groups in total. The van der Waals surface area contributed by atoms with Crippen LogP contribution in [0.3, 0.4) is 0 Å². The number of rotatable bonds is 3. The number of nitrogens with zero attached hydrogens (tertiary/aromatic N) is 2. The third-order valence-electron chi connectivity index (χ3n) is 4.36. The highest BCUT2D eigenvalue weighted by Gasteiger charge is 2.37. The molecule has 7 nitrogen and oxygen atoms in total. The topological polar surface area (TPSA) is 110 Å². The van der Waals surface area contributed by atoms with E-state index in [0.29, 0.717) is 17.2 Å². The normalized spacial score (nSPS) is 16.0. The quantitative estimate of drug-likeness (QED) is 0.752. The number of aryl methyl sites for hydroxylation is 1. The van der Waals surface area contributed by atoms with Crippen LogP contribution in [0.4, 0.5) is 0 Å². The molecule has 1 aliphatic rings. The van der Waals surface area contributed by atoms with Crippen LogP contribution in [0.1, 0.15) is 23.0 Å². The number of allylic oxidation sites excluding steroid dienone is 1. The number of aromatic amines is 1. The number of benzene rings is 1. The first-order chi connectivity index (χ1) is 12.6. The van der Waals surface area contributed by atoms with Crippen molar-refractivity contribution in [2.45, 2.75) is 12.8 Å². The first-order valence-corrected chi connectivity index (χ1v) is 7.99. The Morgan fingerprint density at radius 1 is 1.23 bits per heavy atom. The van der Waals surface area contributed by atoms with Crippen molar-refractivity contribution in [3.8, 4) is 29.0 Å². The van der Waals surface area contributed by atoms with E-state index in [1.54, 1.807) is 7.11 Å². The molecule has 4 rings (SSSR count). The first kappa shape index (κ1) is 15.8. The lowest BCUT2D eigenvalue weighted by Crippen LogP contribution is -2.20. The summed E-state index contributed by atoms with van der Waals surface area (Å²) in [4.78, 5) is 0. The number of aromatic nitrogens is 2. The Bertz CT molecular complexity index is 1040. The van der Waals surface area contributed by atoms with Crippen molar-refractivity contribution in [2.75, 3.05) is 7.11 Å². The Hall–Kier alpha value is -3.66. The van der Waals surface area contributed by atoms with Crippen LogP contribution in [0.5, 0.6) is 11.6 Å². The molecule has 1 aliphatic heterocycles. The summed E-state index contributed by atoms with van der Waals surface area (Å²) in [5.74, 6) is 1.99. The van der Waals surface area contributed by atoms with E-state index in [1.807, 2.05) is 43.3 Å². The van der Waals surface area contributed by atoms with Crippen LogP contribution in [0.25, 0.3) is 11.3 Å². The molecular weight excluding hydrogens is 332 g/mol. The van der Waals surface area contributed by atoms with Gasteiger partial charge in [0.25, 0.3) is 0 Å². The van der Waals surface area contributed by atoms with E-state index in [4.69, 9.17) is 19.6 Å². The fourth-order valence-electron chi connectivity index (χ4n) is 3.12. The lowest BCUT2D eigenvalue weighted by molar-refractivity contribution is 0.369. The largest absolute Gasteiger partial charge is 0.497 e. The molecule has 0 spiro atoms. The molecule has 0 aliphatic carbocycles. The van der Waals surface area contributed by atoms with Gasteiger partial charge >= 0.3 is 0 Å². The lowest BCUT2D eigenvalue weighted by Gasteiger charge is -2.22. The Labute approximate surface area is 149 Å². The second-order valence-corrected chi connectivity index (χ2v) is 5.92. The molecule has 0 bridgehead atoms. The first-order valence-electron chi connectivity index (χ1n) is 7.99. The van der Waals surface area contributed by atoms with Gasteiger partial charge < -0.3 is 19.6 Å². The van der Waals surface area contributed by atoms with E-state index < -0.39 is 5.92 Å². The fraction of sp³-hybridized carbons (Fsp3) is 0.158. The SMILES string of the molecule is COc1ccc(-c2[nH]nc3c2[C@@H](c2ccc(C)o2)C(C#N)=C(N)O3)cc1. The standard InChI is InChI=1S/C19H16N4O3/c1-10-3-8-14(25-10)15-13(9-20)18(21)26-19-16(15)17(22-23-19)11-4-6-12(24-2)7-5-11/h3-8,15H,21H2,1-2H3,(H,22,23)/t15-/m1/s1. The molecular formula is C19H16N4O3. The highest BCUT2D eigenvalue weighted by molar-refractivity contribution is 5.70. The Kier molecular flexibility index (Phi) is 3.66. The minimum absolute atomic E-state index is 0.0341. The van der Waals surface area contributed by atoms with E-state index in [0.717, 1.165) is 28.3 Å². The van der Waals surface area contributed by atoms with Gasteiger partial charge in [0.05, 0.1) is 24.3 Å². The van der Waals surface area contributed by atoms with Gasteiger partial charge in [0.1, 0.15) is 28.9 Å². The molecule has 0 radical (unpaired) electrons. The van der Waals surface area contributed by atoms with Gasteiger partial charge in [0.15, 0.2) is 0 Å². The molecule has 26 heavy (non-hydrogen) atoms. The van der Waals surface area contributed by atoms with Gasteiger partial charge in [-0.1, -0.05) is 0 Å². The molecule has 7 heteroatoms. The molecule has 130 valence electrons. The van der Waals surface area contributed by atoms with Crippen LogP contribution < -0.4 is 15.2 Å². The molecule has 0 unspecified atom stereocenters. The molecule has 0 amide bonds. The van der Waals surface area contributed by atoms with Crippen LogP contribution in [0, 0.1) is 18.3 Å². The maximum Gasteiger partial charge on any atom is 0.244 e. The van der Waals surface area contributed by atoms with E-state index >= 15 is 0 Å². The third kappa shape index (κ3) is 2.40. The maximum atomic E-state index is 9.64. The van der Waals surface area contributed by atoms with Gasteiger partial charge in [-0.2, -0.15) is 5.26 Å². The zero-order valence-electron chi connectivity index (χ0n) is 14.2. The average molecular weight is 348 g/mol. The van der Waals surface area contributed by atoms with Crippen molar-refractivity contribution < 1.29 is 13.9 Å². The van der Waals surface area contributed by atoms with Crippen molar-refractivity contribution in [2.24, 2.45) is 5.73 Å². The van der Waals surface area contributed by atoms with Gasteiger partial charge in [0, 0.05) is 5.56 Å². The molecule has 0 fully saturated rings. The van der Waals surface area contributed by atoms with Crippen molar-refractivity contribution in [3.05, 3.63) is 64.9 Å². The predicted molar refractivity (Wildman–Crippen MR) is 93.3 cm³/mol. The van der Waals surface area contributed by atoms with Gasteiger partial charge in [-0.15, -0.1) is 5.10 Å². The Morgan fingerprint density at radius 2 is 2.00 bits per heavy atom. The molecule has 3 heterocycles. The molecule has 3 aromatic rings. The van der Waals surface area contributed by atoms with Crippen LogP contribution in [0.2, 0.25) is 0 Å². The monoisotopic (exact) mass is 348 g/mol. The molecule has 1 aromatic carbocycles. The van der Waals surface area contributed by atoms with Gasteiger partial charge in [0.2, 0.25) is 11.8 Å². The number of furan rings is 1. The summed E-state index contributed by atoms with van der Waals surface area (Å²) in [6.45, 7) is 1.85. The summed E-state index contributed by atoms with van der Waals surface area (Å²) in [5.41, 5.74) is 8.58. The molecule has 2 aromatic heterocycles. The number of hydrogen-bond acceptors (Lipinski definition) is 6. The number of nitrogens with one attached hydrogen (secondary N) is 1. The van der Waals surface area contributed by atoms with E-state index in [-0.39, 0.29) is 5.88 Å². The zero-order chi connectivity index (χ0) is 18.3. The van der Waals surface area contributed by atoms with E-state index in [1.165, 1.54) is 0 Å². The summed E-state index contributed by atoms with van der Waals surface area (Å²) in [6.07, 6.45) is 0. The molecule has 0 saturated carbocycles. The highest BCUT2D eigenvalue weighted by Crippen LogP contribution is 2.46. The second-order valence-electron chi connectivity index (χ2n) is 5.92. The lowest BCUT2D eigenvalue weighted by atomic mass is 9.86. The van der Waals surface area contributed by atoms with Crippen molar-refractivity contribution in [1.82, 2.24) is 10.2 Å². The van der Waals surface area contributed by atoms with Gasteiger partial charge in [-0.3, -0.25) is 5.10 Å². The Morgan fingerprint density at radius 3 is 2.62 bits per heavy atom. The number of ether oxygens (including phenoxy) is 2. The molecule has 0 saturated heterocycles. The minimum Gasteiger partial charge on any atom is -0.497 e. The van der Waals surface area contributed by atoms with Crippen molar-refractivity contribution in [1.29, 1.82) is 5.26 Å². The summed E-state index contributed by atoms with van der Waals surface area (Å²) >= 11 is 0. The fourth-order valence-corrected chi connectivity index (χ4v) is 3.12. The van der Waals surface area contributed by atoms with Gasteiger partial charge in [-0.25, -0.2) is 0 Å². The Balaban J connectivity index is 1.90. The van der Waals surface area contributed by atoms with Crippen LogP contribution in [-0.2, 0) is 0 Å². The summed E-state index contributed by atoms with van der Waals surface area (Å²) < 4.78 is 16.6. The number of nitriles is 1. The third-order valence-corrected chi connectivity index (χ3v) is 4.36.